The molecule has 2 nitrogen and oxygen atoms in total. The lowest BCUT2D eigenvalue weighted by Gasteiger charge is -2.26. The minimum atomic E-state index is 0.203. The minimum absolute atomic E-state index is 0.203. The van der Waals surface area contributed by atoms with Gasteiger partial charge in [-0.25, -0.2) is 0 Å². The maximum Gasteiger partial charge on any atom is 0.0785 e. The van der Waals surface area contributed by atoms with Crippen LogP contribution in [0.2, 0.25) is 0 Å². The number of aromatic nitrogens is 1. The molecule has 0 saturated carbocycles. The van der Waals surface area contributed by atoms with Crippen LogP contribution in [0.3, 0.4) is 0 Å². The Hall–Kier alpha value is -5.08. The van der Waals surface area contributed by atoms with Crippen LogP contribution in [0.5, 0.6) is 0 Å². The zero-order valence-electron chi connectivity index (χ0n) is 21.4. The summed E-state index contributed by atoms with van der Waals surface area (Å²) < 4.78 is 2.36. The van der Waals surface area contributed by atoms with Crippen molar-refractivity contribution in [2.75, 3.05) is 4.90 Å². The lowest BCUT2D eigenvalue weighted by molar-refractivity contribution is 1.00. The van der Waals surface area contributed by atoms with E-state index >= 15 is 0 Å². The Morgan fingerprint density at radius 3 is 1.77 bits per heavy atom. The summed E-state index contributed by atoms with van der Waals surface area (Å²) in [5.41, 5.74) is 11.2. The molecule has 0 amide bonds. The van der Waals surface area contributed by atoms with E-state index in [0.29, 0.717) is 0 Å². The number of hydrogen-bond donors (Lipinski definition) is 0. The molecule has 39 heavy (non-hydrogen) atoms. The van der Waals surface area contributed by atoms with Gasteiger partial charge in [0.1, 0.15) is 0 Å². The normalized spacial score (nSPS) is 15.8. The van der Waals surface area contributed by atoms with Gasteiger partial charge < -0.3 is 9.47 Å². The SMILES string of the molecule is C1=CC=C2c3ccccc3N(c3ccc(-c4ccc(-n5c6ccccc6c6ccccc65)cc4)cc3)C2C=C1. The number of fused-ring (bicyclic) bond motifs is 6. The summed E-state index contributed by atoms with van der Waals surface area (Å²) in [6.45, 7) is 0. The van der Waals surface area contributed by atoms with Crippen molar-refractivity contribution < 1.29 is 0 Å². The van der Waals surface area contributed by atoms with Gasteiger partial charge in [-0.05, 0) is 59.2 Å². The van der Waals surface area contributed by atoms with E-state index < -0.39 is 0 Å². The molecular formula is C37H26N2. The molecule has 8 rings (SSSR count). The van der Waals surface area contributed by atoms with Gasteiger partial charge >= 0.3 is 0 Å². The predicted octanol–water partition coefficient (Wildman–Crippen LogP) is 9.48. The van der Waals surface area contributed by atoms with Gasteiger partial charge in [-0.2, -0.15) is 0 Å². The van der Waals surface area contributed by atoms with Crippen LogP contribution in [0.4, 0.5) is 11.4 Å². The van der Waals surface area contributed by atoms with E-state index in [2.05, 4.69) is 161 Å². The van der Waals surface area contributed by atoms with E-state index in [1.165, 1.54) is 61.1 Å². The van der Waals surface area contributed by atoms with E-state index in [-0.39, 0.29) is 6.04 Å². The second kappa shape index (κ2) is 8.75. The monoisotopic (exact) mass is 498 g/mol. The molecule has 1 atom stereocenters. The third kappa shape index (κ3) is 3.42. The molecular weight excluding hydrogens is 472 g/mol. The van der Waals surface area contributed by atoms with Gasteiger partial charge in [0.2, 0.25) is 0 Å². The van der Waals surface area contributed by atoms with Gasteiger partial charge in [0.25, 0.3) is 0 Å². The van der Waals surface area contributed by atoms with E-state index in [4.69, 9.17) is 0 Å². The first-order chi connectivity index (χ1) is 19.4. The highest BCUT2D eigenvalue weighted by Crippen LogP contribution is 2.46. The number of rotatable bonds is 3. The molecule has 0 fully saturated rings. The van der Waals surface area contributed by atoms with Gasteiger partial charge in [0.15, 0.2) is 0 Å². The van der Waals surface area contributed by atoms with Crippen LogP contribution < -0.4 is 4.90 Å². The first kappa shape index (κ1) is 22.0. The van der Waals surface area contributed by atoms with E-state index in [0.717, 1.165) is 0 Å². The molecule has 184 valence electrons. The number of nitrogens with zero attached hydrogens (tertiary/aromatic N) is 2. The molecule has 0 saturated heterocycles. The molecule has 2 heteroatoms. The number of anilines is 2. The second-order valence-corrected chi connectivity index (χ2v) is 10.2. The van der Waals surface area contributed by atoms with Crippen molar-refractivity contribution >= 4 is 38.8 Å². The Bertz CT molecular complexity index is 1900. The minimum Gasteiger partial charge on any atom is -0.330 e. The molecule has 6 aromatic rings. The van der Waals surface area contributed by atoms with Gasteiger partial charge in [0, 0.05) is 33.4 Å². The average molecular weight is 499 g/mol. The molecule has 1 aromatic heterocycles. The summed E-state index contributed by atoms with van der Waals surface area (Å²) >= 11 is 0. The van der Waals surface area contributed by atoms with Crippen molar-refractivity contribution in [2.45, 2.75) is 6.04 Å². The molecule has 1 aliphatic heterocycles. The Kier molecular flexibility index (Phi) is 4.92. The van der Waals surface area contributed by atoms with Crippen LogP contribution in [0.15, 0.2) is 152 Å². The molecule has 0 spiro atoms. The average Bonchev–Trinajstić information content (AvgIpc) is 3.38. The first-order valence-electron chi connectivity index (χ1n) is 13.5. The summed E-state index contributed by atoms with van der Waals surface area (Å²) in [5, 5.41) is 2.57. The fraction of sp³-hybridized carbons (Fsp3) is 0.0270. The number of allylic oxidation sites excluding steroid dienone is 4. The summed E-state index contributed by atoms with van der Waals surface area (Å²) in [5.74, 6) is 0. The molecule has 2 aliphatic rings. The van der Waals surface area contributed by atoms with E-state index in [1.54, 1.807) is 0 Å². The molecule has 0 N–H and O–H groups in total. The second-order valence-electron chi connectivity index (χ2n) is 10.2. The van der Waals surface area contributed by atoms with Crippen LogP contribution in [0, 0.1) is 0 Å². The van der Waals surface area contributed by atoms with Crippen LogP contribution in [-0.4, -0.2) is 10.6 Å². The van der Waals surface area contributed by atoms with Crippen molar-refractivity contribution in [3.63, 3.8) is 0 Å². The van der Waals surface area contributed by atoms with Gasteiger partial charge in [-0.1, -0.05) is 109 Å². The Morgan fingerprint density at radius 2 is 1.08 bits per heavy atom. The zero-order valence-corrected chi connectivity index (χ0v) is 21.4. The topological polar surface area (TPSA) is 8.17 Å². The molecule has 0 bridgehead atoms. The number of benzene rings is 5. The summed E-state index contributed by atoms with van der Waals surface area (Å²) in [7, 11) is 0. The summed E-state index contributed by atoms with van der Waals surface area (Å²) in [6.07, 6.45) is 10.9. The van der Waals surface area contributed by atoms with Crippen LogP contribution in [0.25, 0.3) is 44.2 Å². The maximum absolute atomic E-state index is 2.44. The summed E-state index contributed by atoms with van der Waals surface area (Å²) in [6, 6.07) is 44.2. The third-order valence-corrected chi connectivity index (χ3v) is 8.05. The zero-order chi connectivity index (χ0) is 25.8. The standard InChI is InChI=1S/C37H26N2/c1-2-10-30-31-11-4-7-15-35(31)38(34(30)14-3-1)28-22-18-26(19-23-28)27-20-24-29(25-21-27)39-36-16-8-5-12-32(36)33-13-6-9-17-37(33)39/h1-25,34H. The highest BCUT2D eigenvalue weighted by molar-refractivity contribution is 6.09. The molecule has 2 heterocycles. The molecule has 5 aromatic carbocycles. The van der Waals surface area contributed by atoms with Gasteiger partial charge in [-0.3, -0.25) is 0 Å². The van der Waals surface area contributed by atoms with Crippen molar-refractivity contribution in [3.05, 3.63) is 157 Å². The lowest BCUT2D eigenvalue weighted by atomic mass is 10.0. The molecule has 0 radical (unpaired) electrons. The Balaban J connectivity index is 1.15. The van der Waals surface area contributed by atoms with Crippen LogP contribution >= 0.6 is 0 Å². The molecule has 1 unspecified atom stereocenters. The van der Waals surface area contributed by atoms with Crippen molar-refractivity contribution in [2.24, 2.45) is 0 Å². The fourth-order valence-electron chi connectivity index (χ4n) is 6.26. The third-order valence-electron chi connectivity index (χ3n) is 8.05. The highest BCUT2D eigenvalue weighted by Gasteiger charge is 2.32. The first-order valence-corrected chi connectivity index (χ1v) is 13.5. The number of hydrogen-bond acceptors (Lipinski definition) is 1. The van der Waals surface area contributed by atoms with Crippen LogP contribution in [-0.2, 0) is 0 Å². The van der Waals surface area contributed by atoms with Crippen LogP contribution in [0.1, 0.15) is 5.56 Å². The van der Waals surface area contributed by atoms with Gasteiger partial charge in [-0.15, -0.1) is 0 Å². The van der Waals surface area contributed by atoms with Crippen molar-refractivity contribution in [3.8, 4) is 16.8 Å². The Labute approximate surface area is 228 Å². The Morgan fingerprint density at radius 1 is 0.487 bits per heavy atom. The quantitative estimate of drug-likeness (QED) is 0.236. The highest BCUT2D eigenvalue weighted by atomic mass is 15.2. The van der Waals surface area contributed by atoms with Crippen molar-refractivity contribution in [1.29, 1.82) is 0 Å². The fourth-order valence-corrected chi connectivity index (χ4v) is 6.26. The van der Waals surface area contributed by atoms with E-state index in [1.807, 2.05) is 0 Å². The smallest absolute Gasteiger partial charge is 0.0785 e. The predicted molar refractivity (Wildman–Crippen MR) is 165 cm³/mol. The molecule has 1 aliphatic carbocycles. The summed E-state index contributed by atoms with van der Waals surface area (Å²) in [4.78, 5) is 2.44. The largest absolute Gasteiger partial charge is 0.330 e. The van der Waals surface area contributed by atoms with E-state index in [9.17, 15) is 0 Å². The number of para-hydroxylation sites is 3. The van der Waals surface area contributed by atoms with Crippen molar-refractivity contribution in [1.82, 2.24) is 4.57 Å². The van der Waals surface area contributed by atoms with Gasteiger partial charge in [0.05, 0.1) is 17.1 Å². The lowest BCUT2D eigenvalue weighted by Crippen LogP contribution is -2.24. The maximum atomic E-state index is 2.44.